The summed E-state index contributed by atoms with van der Waals surface area (Å²) in [6.07, 6.45) is 3.60. The van der Waals surface area contributed by atoms with Gasteiger partial charge in [-0.15, -0.1) is 22.7 Å². The van der Waals surface area contributed by atoms with Crippen molar-refractivity contribution in [3.8, 4) is 0 Å². The number of aromatic nitrogens is 2. The van der Waals surface area contributed by atoms with Crippen LogP contribution in [0.25, 0.3) is 26.0 Å². The van der Waals surface area contributed by atoms with E-state index < -0.39 is 0 Å². The lowest BCUT2D eigenvalue weighted by atomic mass is 10.0. The minimum Gasteiger partial charge on any atom is -0.397 e. The van der Waals surface area contributed by atoms with Crippen molar-refractivity contribution in [2.45, 2.75) is 26.7 Å². The van der Waals surface area contributed by atoms with Crippen molar-refractivity contribution >= 4 is 83.2 Å². The van der Waals surface area contributed by atoms with Crippen LogP contribution < -0.4 is 22.1 Å². The van der Waals surface area contributed by atoms with Gasteiger partial charge in [0.2, 0.25) is 0 Å². The van der Waals surface area contributed by atoms with Gasteiger partial charge in [-0.3, -0.25) is 9.59 Å². The van der Waals surface area contributed by atoms with Crippen LogP contribution in [0.15, 0.2) is 91.8 Å². The van der Waals surface area contributed by atoms with Gasteiger partial charge in [-0.25, -0.2) is 9.97 Å². The summed E-state index contributed by atoms with van der Waals surface area (Å²) in [5.41, 5.74) is 17.7. The predicted octanol–water partition coefficient (Wildman–Crippen LogP) is 8.42. The Labute approximate surface area is 263 Å². The summed E-state index contributed by atoms with van der Waals surface area (Å²) in [4.78, 5) is 36.1. The first-order valence-electron chi connectivity index (χ1n) is 13.9. The number of thiophene rings is 2. The molecule has 0 bridgehead atoms. The SMILES string of the molecule is C=C(C)c1cnc2sc(C(=O)Nc3ccccc3)c(N)c2c1.CC(C)c1cnc2sc(C(=O)Nc3ccccc3)c(N)c2c1. The zero-order valence-corrected chi connectivity index (χ0v) is 26.2. The average molecular weight is 621 g/mol. The molecule has 222 valence electrons. The Bertz CT molecular complexity index is 1980. The summed E-state index contributed by atoms with van der Waals surface area (Å²) < 4.78 is 0. The quantitative estimate of drug-likeness (QED) is 0.148. The highest BCUT2D eigenvalue weighted by Crippen LogP contribution is 2.35. The summed E-state index contributed by atoms with van der Waals surface area (Å²) in [6, 6.07) is 22.6. The lowest BCUT2D eigenvalue weighted by Gasteiger charge is -2.04. The number of nitrogens with zero attached hydrogens (tertiary/aromatic N) is 2. The molecule has 0 aliphatic carbocycles. The Morgan fingerprint density at radius 1 is 0.750 bits per heavy atom. The highest BCUT2D eigenvalue weighted by molar-refractivity contribution is 7.21. The maximum absolute atomic E-state index is 12.4. The molecule has 6 N–H and O–H groups in total. The van der Waals surface area contributed by atoms with E-state index in [-0.39, 0.29) is 11.8 Å². The molecular formula is C34H32N6O2S2. The normalized spacial score (nSPS) is 10.8. The van der Waals surface area contributed by atoms with Crippen LogP contribution in [0.3, 0.4) is 0 Å². The monoisotopic (exact) mass is 620 g/mol. The first kappa shape index (κ1) is 30.4. The molecule has 4 aromatic heterocycles. The number of nitrogens with one attached hydrogen (secondary N) is 2. The summed E-state index contributed by atoms with van der Waals surface area (Å²) in [7, 11) is 0. The van der Waals surface area contributed by atoms with E-state index in [0.29, 0.717) is 27.0 Å². The van der Waals surface area contributed by atoms with Crippen molar-refractivity contribution in [3.63, 3.8) is 0 Å². The number of allylic oxidation sites excluding steroid dienone is 1. The van der Waals surface area contributed by atoms with Gasteiger partial charge in [0.1, 0.15) is 19.4 Å². The molecular weight excluding hydrogens is 589 g/mol. The molecule has 10 heteroatoms. The van der Waals surface area contributed by atoms with Crippen LogP contribution in [0.2, 0.25) is 0 Å². The van der Waals surface area contributed by atoms with Gasteiger partial charge < -0.3 is 22.1 Å². The van der Waals surface area contributed by atoms with E-state index in [1.165, 1.54) is 22.7 Å². The van der Waals surface area contributed by atoms with E-state index in [1.54, 1.807) is 6.20 Å². The molecule has 0 fully saturated rings. The molecule has 6 rings (SSSR count). The van der Waals surface area contributed by atoms with Crippen LogP contribution >= 0.6 is 22.7 Å². The number of carbonyl (C=O) groups excluding carboxylic acids is 2. The molecule has 0 atom stereocenters. The number of hydrogen-bond acceptors (Lipinski definition) is 8. The molecule has 6 aromatic rings. The number of rotatable bonds is 6. The number of pyridine rings is 2. The number of carbonyl (C=O) groups is 2. The molecule has 2 aromatic carbocycles. The fraction of sp³-hybridized carbons (Fsp3) is 0.118. The van der Waals surface area contributed by atoms with Crippen LogP contribution in [-0.2, 0) is 0 Å². The van der Waals surface area contributed by atoms with Crippen molar-refractivity contribution < 1.29 is 9.59 Å². The van der Waals surface area contributed by atoms with Crippen molar-refractivity contribution in [3.05, 3.63) is 113 Å². The van der Waals surface area contributed by atoms with Crippen LogP contribution in [-0.4, -0.2) is 21.8 Å². The zero-order valence-electron chi connectivity index (χ0n) is 24.5. The predicted molar refractivity (Wildman–Crippen MR) is 186 cm³/mol. The summed E-state index contributed by atoms with van der Waals surface area (Å²) in [5.74, 6) is -0.0424. The van der Waals surface area contributed by atoms with E-state index in [2.05, 4.69) is 41.0 Å². The smallest absolute Gasteiger partial charge is 0.267 e. The van der Waals surface area contributed by atoms with Gasteiger partial charge in [-0.05, 0) is 65.9 Å². The Morgan fingerprint density at radius 3 is 1.66 bits per heavy atom. The van der Waals surface area contributed by atoms with Crippen molar-refractivity contribution in [1.29, 1.82) is 0 Å². The minimum absolute atomic E-state index is 0.196. The van der Waals surface area contributed by atoms with Crippen LogP contribution in [0.1, 0.15) is 57.2 Å². The first-order chi connectivity index (χ1) is 21.1. The van der Waals surface area contributed by atoms with Gasteiger partial charge in [0.15, 0.2) is 0 Å². The second-order valence-electron chi connectivity index (χ2n) is 10.5. The second kappa shape index (κ2) is 13.1. The molecule has 4 heterocycles. The van der Waals surface area contributed by atoms with E-state index in [0.717, 1.165) is 48.5 Å². The average Bonchev–Trinajstić information content (AvgIpc) is 3.54. The van der Waals surface area contributed by atoms with E-state index in [9.17, 15) is 9.59 Å². The zero-order chi connectivity index (χ0) is 31.4. The number of anilines is 4. The lowest BCUT2D eigenvalue weighted by Crippen LogP contribution is -2.11. The third-order valence-electron chi connectivity index (χ3n) is 6.83. The largest absolute Gasteiger partial charge is 0.397 e. The van der Waals surface area contributed by atoms with E-state index in [1.807, 2.05) is 85.9 Å². The molecule has 8 nitrogen and oxygen atoms in total. The van der Waals surface area contributed by atoms with E-state index >= 15 is 0 Å². The molecule has 44 heavy (non-hydrogen) atoms. The Morgan fingerprint density at radius 2 is 1.20 bits per heavy atom. The summed E-state index contributed by atoms with van der Waals surface area (Å²) in [5, 5.41) is 7.36. The van der Waals surface area contributed by atoms with Crippen molar-refractivity contribution in [1.82, 2.24) is 9.97 Å². The third-order valence-corrected chi connectivity index (χ3v) is 9.08. The number of nitrogen functional groups attached to an aromatic ring is 2. The van der Waals surface area contributed by atoms with Gasteiger partial charge in [0.05, 0.1) is 11.4 Å². The molecule has 0 aliphatic rings. The molecule has 0 spiro atoms. The summed E-state index contributed by atoms with van der Waals surface area (Å²) in [6.45, 7) is 10.0. The standard InChI is InChI=1S/C17H17N3OS.C17H15N3OS/c2*1-10(2)11-8-13-14(18)15(22-17(13)19-9-11)16(21)20-12-6-4-3-5-7-12/h3-10H,18H2,1-2H3,(H,20,21);3-9H,1,18H2,2H3,(H,20,21). The number of para-hydroxylation sites is 2. The fourth-order valence-electron chi connectivity index (χ4n) is 4.32. The van der Waals surface area contributed by atoms with E-state index in [4.69, 9.17) is 11.5 Å². The van der Waals surface area contributed by atoms with Crippen LogP contribution in [0, 0.1) is 0 Å². The number of hydrogen-bond donors (Lipinski definition) is 4. The molecule has 0 aliphatic heterocycles. The maximum atomic E-state index is 12.4. The van der Waals surface area contributed by atoms with Crippen molar-refractivity contribution in [2.75, 3.05) is 22.1 Å². The minimum atomic E-state index is -0.219. The van der Waals surface area contributed by atoms with Crippen molar-refractivity contribution in [2.24, 2.45) is 0 Å². The Hall–Kier alpha value is -5.06. The fourth-order valence-corrected chi connectivity index (χ4v) is 6.20. The highest BCUT2D eigenvalue weighted by atomic mass is 32.1. The third kappa shape index (κ3) is 6.61. The molecule has 2 amide bonds. The lowest BCUT2D eigenvalue weighted by molar-refractivity contribution is 0.102. The number of fused-ring (bicyclic) bond motifs is 2. The molecule has 0 saturated carbocycles. The number of benzene rings is 2. The van der Waals surface area contributed by atoms with Gasteiger partial charge in [0.25, 0.3) is 11.8 Å². The van der Waals surface area contributed by atoms with Gasteiger partial charge >= 0.3 is 0 Å². The Balaban J connectivity index is 0.000000175. The number of amides is 2. The first-order valence-corrected chi connectivity index (χ1v) is 15.5. The molecule has 0 unspecified atom stereocenters. The van der Waals surface area contributed by atoms with Gasteiger partial charge in [0, 0.05) is 34.5 Å². The molecule has 0 saturated heterocycles. The van der Waals surface area contributed by atoms with Crippen LogP contribution in [0.5, 0.6) is 0 Å². The van der Waals surface area contributed by atoms with Crippen LogP contribution in [0.4, 0.5) is 22.7 Å². The maximum Gasteiger partial charge on any atom is 0.267 e. The molecule has 0 radical (unpaired) electrons. The second-order valence-corrected chi connectivity index (χ2v) is 12.5. The van der Waals surface area contributed by atoms with Gasteiger partial charge in [-0.1, -0.05) is 56.8 Å². The van der Waals surface area contributed by atoms with Gasteiger partial charge in [-0.2, -0.15) is 0 Å². The Kier molecular flexibility index (Phi) is 9.03. The topological polar surface area (TPSA) is 136 Å². The number of nitrogens with two attached hydrogens (primary N) is 2. The highest BCUT2D eigenvalue weighted by Gasteiger charge is 2.19. The summed E-state index contributed by atoms with van der Waals surface area (Å²) >= 11 is 2.62.